The Bertz CT molecular complexity index is 766. The van der Waals surface area contributed by atoms with E-state index in [4.69, 9.17) is 0 Å². The highest BCUT2D eigenvalue weighted by Gasteiger charge is 2.27. The number of aromatic nitrogens is 4. The van der Waals surface area contributed by atoms with Gasteiger partial charge in [-0.25, -0.2) is 9.61 Å². The number of aryl methyl sites for hydroxylation is 2. The molecule has 1 N–H and O–H groups in total. The summed E-state index contributed by atoms with van der Waals surface area (Å²) in [6, 6.07) is 1.53. The van der Waals surface area contributed by atoms with E-state index in [-0.39, 0.29) is 23.8 Å². The first-order chi connectivity index (χ1) is 11.0. The van der Waals surface area contributed by atoms with Crippen LogP contribution in [0, 0.1) is 13.8 Å². The molecule has 0 aliphatic carbocycles. The molecule has 1 fully saturated rings. The number of carbonyl (C=O) groups is 1. The summed E-state index contributed by atoms with van der Waals surface area (Å²) in [5.74, 6) is 0.681. The third-order valence-electron chi connectivity index (χ3n) is 4.14. The maximum absolute atomic E-state index is 12.5. The van der Waals surface area contributed by atoms with Crippen LogP contribution in [0.2, 0.25) is 0 Å². The smallest absolute Gasteiger partial charge is 0.251 e. The molecule has 1 aliphatic heterocycles. The lowest BCUT2D eigenvalue weighted by Gasteiger charge is -2.32. The summed E-state index contributed by atoms with van der Waals surface area (Å²) in [6.45, 7) is 4.80. The van der Waals surface area contributed by atoms with Crippen LogP contribution in [0.5, 0.6) is 0 Å². The van der Waals surface area contributed by atoms with Crippen LogP contribution in [0.1, 0.15) is 41.7 Å². The fourth-order valence-corrected chi connectivity index (χ4v) is 2.92. The van der Waals surface area contributed by atoms with Crippen molar-refractivity contribution in [3.63, 3.8) is 0 Å². The Hall–Kier alpha value is -2.51. The first-order valence-corrected chi connectivity index (χ1v) is 7.66. The lowest BCUT2D eigenvalue weighted by molar-refractivity contribution is -0.131. The molecule has 2 aromatic rings. The highest BCUT2D eigenvalue weighted by atomic mass is 16.6. The predicted molar refractivity (Wildman–Crippen MR) is 80.9 cm³/mol. The molecule has 0 spiro atoms. The second-order valence-electron chi connectivity index (χ2n) is 5.91. The van der Waals surface area contributed by atoms with E-state index in [0.717, 1.165) is 18.5 Å². The molecule has 0 saturated carbocycles. The minimum absolute atomic E-state index is 0.00457. The van der Waals surface area contributed by atoms with E-state index in [9.17, 15) is 9.59 Å². The largest absolute Gasteiger partial charge is 0.342 e. The van der Waals surface area contributed by atoms with Gasteiger partial charge in [0.25, 0.3) is 5.56 Å². The van der Waals surface area contributed by atoms with Crippen LogP contribution < -0.4 is 5.56 Å². The van der Waals surface area contributed by atoms with Crippen molar-refractivity contribution in [3.8, 4) is 0 Å². The van der Waals surface area contributed by atoms with Crippen LogP contribution in [0.3, 0.4) is 0 Å². The first kappa shape index (κ1) is 15.4. The fraction of sp³-hybridized carbons (Fsp3) is 0.533. The van der Waals surface area contributed by atoms with Crippen molar-refractivity contribution in [1.82, 2.24) is 25.2 Å². The highest BCUT2D eigenvalue weighted by molar-refractivity contribution is 5.78. The van der Waals surface area contributed by atoms with Gasteiger partial charge in [-0.05, 0) is 26.7 Å². The topological polar surface area (TPSA) is 105 Å². The number of nitrogens with zero attached hydrogens (tertiary/aromatic N) is 4. The van der Waals surface area contributed by atoms with E-state index in [1.807, 2.05) is 0 Å². The van der Waals surface area contributed by atoms with Crippen molar-refractivity contribution in [2.45, 2.75) is 39.0 Å². The number of likely N-dealkylation sites (tertiary alicyclic amines) is 1. The van der Waals surface area contributed by atoms with E-state index in [1.54, 1.807) is 18.7 Å². The first-order valence-electron chi connectivity index (χ1n) is 7.66. The minimum atomic E-state index is -0.153. The zero-order valence-corrected chi connectivity index (χ0v) is 13.2. The number of hydrogen-bond donors (Lipinski definition) is 1. The number of aromatic amines is 1. The van der Waals surface area contributed by atoms with Gasteiger partial charge in [-0.3, -0.25) is 9.59 Å². The van der Waals surface area contributed by atoms with Gasteiger partial charge in [-0.1, -0.05) is 10.3 Å². The van der Waals surface area contributed by atoms with E-state index in [0.29, 0.717) is 30.3 Å². The van der Waals surface area contributed by atoms with Crippen molar-refractivity contribution < 1.29 is 9.42 Å². The van der Waals surface area contributed by atoms with E-state index in [1.165, 1.54) is 6.07 Å². The summed E-state index contributed by atoms with van der Waals surface area (Å²) in [4.78, 5) is 32.9. The van der Waals surface area contributed by atoms with Crippen molar-refractivity contribution in [2.75, 3.05) is 13.1 Å². The van der Waals surface area contributed by atoms with Crippen LogP contribution in [-0.2, 0) is 11.2 Å². The molecule has 1 aliphatic rings. The molecule has 1 saturated heterocycles. The number of nitrogens with one attached hydrogen (secondary N) is 1. The molecule has 3 heterocycles. The maximum atomic E-state index is 12.5. The standard InChI is InChI=1S/C15H19N5O3/c1-9-12(19-23-18-9)7-15(22)20-5-3-4-11(8-20)13-6-14(21)17-10(2)16-13/h6,11H,3-5,7-8H2,1-2H3,(H,16,17,21)/t11-/m0/s1. The Morgan fingerprint density at radius 2 is 2.26 bits per heavy atom. The summed E-state index contributed by atoms with van der Waals surface area (Å²) in [6.07, 6.45) is 1.99. The summed E-state index contributed by atoms with van der Waals surface area (Å²) < 4.78 is 4.63. The predicted octanol–water partition coefficient (Wildman–Crippen LogP) is 0.718. The summed E-state index contributed by atoms with van der Waals surface area (Å²) in [5, 5.41) is 7.45. The average Bonchev–Trinajstić information content (AvgIpc) is 2.91. The van der Waals surface area contributed by atoms with Crippen LogP contribution in [0.25, 0.3) is 0 Å². The zero-order chi connectivity index (χ0) is 16.4. The van der Waals surface area contributed by atoms with Crippen molar-refractivity contribution >= 4 is 5.91 Å². The summed E-state index contributed by atoms with van der Waals surface area (Å²) in [7, 11) is 0. The Morgan fingerprint density at radius 3 is 2.96 bits per heavy atom. The van der Waals surface area contributed by atoms with Crippen LogP contribution >= 0.6 is 0 Å². The SMILES string of the molecule is Cc1nc([C@H]2CCCN(C(=O)Cc3nonc3C)C2)cc(=O)[nH]1. The van der Waals surface area contributed by atoms with Gasteiger partial charge < -0.3 is 9.88 Å². The third-order valence-corrected chi connectivity index (χ3v) is 4.14. The Balaban J connectivity index is 1.71. The number of rotatable bonds is 3. The molecule has 8 nitrogen and oxygen atoms in total. The number of amides is 1. The van der Waals surface area contributed by atoms with Gasteiger partial charge in [-0.15, -0.1) is 0 Å². The van der Waals surface area contributed by atoms with Gasteiger partial charge >= 0.3 is 0 Å². The van der Waals surface area contributed by atoms with Gasteiger partial charge in [0.15, 0.2) is 0 Å². The minimum Gasteiger partial charge on any atom is -0.342 e. The Kier molecular flexibility index (Phi) is 4.22. The maximum Gasteiger partial charge on any atom is 0.251 e. The number of carbonyl (C=O) groups excluding carboxylic acids is 1. The second-order valence-corrected chi connectivity index (χ2v) is 5.91. The van der Waals surface area contributed by atoms with Crippen molar-refractivity contribution in [2.24, 2.45) is 0 Å². The molecule has 3 rings (SSSR count). The molecule has 23 heavy (non-hydrogen) atoms. The van der Waals surface area contributed by atoms with Crippen LogP contribution in [0.15, 0.2) is 15.5 Å². The van der Waals surface area contributed by atoms with Gasteiger partial charge in [0, 0.05) is 25.1 Å². The fourth-order valence-electron chi connectivity index (χ4n) is 2.92. The second kappa shape index (κ2) is 6.31. The van der Waals surface area contributed by atoms with E-state index < -0.39 is 0 Å². The third kappa shape index (κ3) is 3.46. The normalized spacial score (nSPS) is 18.2. The monoisotopic (exact) mass is 317 g/mol. The molecular formula is C15H19N5O3. The molecule has 122 valence electrons. The number of hydrogen-bond acceptors (Lipinski definition) is 6. The Labute approximate surface area is 132 Å². The summed E-state index contributed by atoms with van der Waals surface area (Å²) in [5.41, 5.74) is 1.81. The molecule has 0 radical (unpaired) electrons. The van der Waals surface area contributed by atoms with Crippen LogP contribution in [-0.4, -0.2) is 44.2 Å². The molecule has 1 amide bonds. The van der Waals surface area contributed by atoms with Gasteiger partial charge in [0.05, 0.1) is 12.1 Å². The molecule has 0 aromatic carbocycles. The van der Waals surface area contributed by atoms with Gasteiger partial charge in [-0.2, -0.15) is 0 Å². The van der Waals surface area contributed by atoms with Gasteiger partial charge in [0.1, 0.15) is 17.2 Å². The molecule has 2 aromatic heterocycles. The van der Waals surface area contributed by atoms with E-state index >= 15 is 0 Å². The highest BCUT2D eigenvalue weighted by Crippen LogP contribution is 2.25. The summed E-state index contributed by atoms with van der Waals surface area (Å²) >= 11 is 0. The lowest BCUT2D eigenvalue weighted by atomic mass is 9.94. The number of H-pyrrole nitrogens is 1. The van der Waals surface area contributed by atoms with Crippen LogP contribution in [0.4, 0.5) is 0 Å². The average molecular weight is 317 g/mol. The van der Waals surface area contributed by atoms with Crippen molar-refractivity contribution in [1.29, 1.82) is 0 Å². The lowest BCUT2D eigenvalue weighted by Crippen LogP contribution is -2.40. The van der Waals surface area contributed by atoms with E-state index in [2.05, 4.69) is 24.9 Å². The van der Waals surface area contributed by atoms with Crippen molar-refractivity contribution in [3.05, 3.63) is 39.3 Å². The molecule has 1 atom stereocenters. The molecule has 8 heteroatoms. The molecule has 0 bridgehead atoms. The Morgan fingerprint density at radius 1 is 1.43 bits per heavy atom. The molecular weight excluding hydrogens is 298 g/mol. The van der Waals surface area contributed by atoms with Gasteiger partial charge in [0.2, 0.25) is 5.91 Å². The quantitative estimate of drug-likeness (QED) is 0.894. The molecule has 0 unspecified atom stereocenters. The zero-order valence-electron chi connectivity index (χ0n) is 13.2. The number of piperidine rings is 1.